The normalized spacial score (nSPS) is 12.9. The van der Waals surface area contributed by atoms with Crippen molar-refractivity contribution in [3.05, 3.63) is 30.5 Å². The van der Waals surface area contributed by atoms with Crippen molar-refractivity contribution in [2.45, 2.75) is 91.5 Å². The van der Waals surface area contributed by atoms with Crippen molar-refractivity contribution < 1.29 is 13.9 Å². The van der Waals surface area contributed by atoms with Gasteiger partial charge in [-0.2, -0.15) is 0 Å². The van der Waals surface area contributed by atoms with Gasteiger partial charge >= 0.3 is 9.76 Å². The lowest BCUT2D eigenvalue weighted by molar-refractivity contribution is 0.123. The van der Waals surface area contributed by atoms with Crippen LogP contribution in [0.4, 0.5) is 0 Å². The van der Waals surface area contributed by atoms with Gasteiger partial charge in [0.05, 0.1) is 6.61 Å². The molecule has 2 atom stereocenters. The van der Waals surface area contributed by atoms with E-state index in [0.29, 0.717) is 27.9 Å². The summed E-state index contributed by atoms with van der Waals surface area (Å²) in [5, 5.41) is 8.56. The third-order valence-electron chi connectivity index (χ3n) is 6.33. The first kappa shape index (κ1) is 29.2. The van der Waals surface area contributed by atoms with E-state index in [4.69, 9.17) is 13.9 Å². The Morgan fingerprint density at radius 3 is 2.31 bits per heavy atom. The van der Waals surface area contributed by atoms with Crippen LogP contribution in [0.5, 0.6) is 11.6 Å². The van der Waals surface area contributed by atoms with Crippen molar-refractivity contribution in [3.8, 4) is 23.0 Å². The third-order valence-corrected chi connectivity index (χ3v) is 7.26. The van der Waals surface area contributed by atoms with Gasteiger partial charge in [-0.15, -0.1) is 10.2 Å². The van der Waals surface area contributed by atoms with Gasteiger partial charge in [-0.05, 0) is 55.3 Å². The highest BCUT2D eigenvalue weighted by atomic mass is 28.2. The topological polar surface area (TPSA) is 66.4 Å². The summed E-state index contributed by atoms with van der Waals surface area (Å²) in [7, 11) is 0.419. The molecule has 2 aromatic rings. The zero-order chi connectivity index (χ0) is 25.1. The van der Waals surface area contributed by atoms with Gasteiger partial charge in [-0.25, -0.2) is 0 Å². The lowest BCUT2D eigenvalue weighted by atomic mass is 9.88. The maximum Gasteiger partial charge on any atom is 0.310 e. The first-order chi connectivity index (χ1) is 17.2. The van der Waals surface area contributed by atoms with Gasteiger partial charge in [0.15, 0.2) is 0 Å². The predicted octanol–water partition coefficient (Wildman–Crippen LogP) is 7.17. The summed E-state index contributed by atoms with van der Waals surface area (Å²) < 4.78 is 17.4. The van der Waals surface area contributed by atoms with Crippen molar-refractivity contribution in [1.29, 1.82) is 0 Å². The summed E-state index contributed by atoms with van der Waals surface area (Å²) in [4.78, 5) is 4.50. The standard InChI is InChI=1S/C28H45N3O3Si/c1-5-7-13-23(3)24(4)14-12-22-35-34-26-15-11-18-29-28(26)25-16-17-27(31-30-25)33-21-10-9-20-32-19-8-6-2/h11,15-18,23-24H,5-10,12-14,19-22H2,1-4H3. The number of aromatic nitrogens is 3. The van der Waals surface area contributed by atoms with Gasteiger partial charge in [0.2, 0.25) is 5.88 Å². The van der Waals surface area contributed by atoms with Crippen LogP contribution < -0.4 is 9.16 Å². The van der Waals surface area contributed by atoms with E-state index in [0.717, 1.165) is 61.8 Å². The molecular weight excluding hydrogens is 454 g/mol. The van der Waals surface area contributed by atoms with E-state index in [1.807, 2.05) is 24.3 Å². The maximum atomic E-state index is 6.11. The Morgan fingerprint density at radius 2 is 1.57 bits per heavy atom. The second kappa shape index (κ2) is 18.3. The van der Waals surface area contributed by atoms with Crippen LogP contribution in [-0.4, -0.2) is 44.8 Å². The molecule has 0 N–H and O–H groups in total. The van der Waals surface area contributed by atoms with Crippen LogP contribution in [0.25, 0.3) is 11.4 Å². The highest BCUT2D eigenvalue weighted by Gasteiger charge is 2.13. The molecule has 0 aliphatic heterocycles. The Balaban J connectivity index is 1.72. The molecule has 0 aliphatic carbocycles. The second-order valence-corrected chi connectivity index (χ2v) is 10.4. The minimum Gasteiger partial charge on any atom is -0.539 e. The summed E-state index contributed by atoms with van der Waals surface area (Å²) in [5.74, 6) is 2.87. The molecular formula is C28H45N3O3Si. The van der Waals surface area contributed by atoms with E-state index < -0.39 is 0 Å². The zero-order valence-electron chi connectivity index (χ0n) is 22.3. The van der Waals surface area contributed by atoms with Crippen LogP contribution in [0, 0.1) is 11.8 Å². The SMILES string of the molecule is CCCCOCCCCOc1ccc(-c2ncccc2O[Si]CCCC(C)C(C)CCCC)nn1. The Kier molecular flexibility index (Phi) is 15.3. The minimum atomic E-state index is 0.419. The van der Waals surface area contributed by atoms with Gasteiger partial charge in [0.25, 0.3) is 0 Å². The zero-order valence-corrected chi connectivity index (χ0v) is 23.3. The number of hydrogen-bond donors (Lipinski definition) is 0. The molecule has 0 bridgehead atoms. The van der Waals surface area contributed by atoms with Crippen LogP contribution in [-0.2, 0) is 4.74 Å². The number of nitrogens with zero attached hydrogens (tertiary/aromatic N) is 3. The molecule has 0 aromatic carbocycles. The van der Waals surface area contributed by atoms with Crippen LogP contribution in [0.2, 0.25) is 6.04 Å². The number of hydrogen-bond acceptors (Lipinski definition) is 6. The minimum absolute atomic E-state index is 0.419. The van der Waals surface area contributed by atoms with Crippen molar-refractivity contribution in [3.63, 3.8) is 0 Å². The van der Waals surface area contributed by atoms with Gasteiger partial charge in [-0.3, -0.25) is 4.98 Å². The molecule has 0 fully saturated rings. The molecule has 2 heterocycles. The summed E-state index contributed by atoms with van der Waals surface area (Å²) in [5.41, 5.74) is 1.42. The smallest absolute Gasteiger partial charge is 0.310 e. The third kappa shape index (κ3) is 12.0. The molecule has 2 aromatic heterocycles. The van der Waals surface area contributed by atoms with Crippen molar-refractivity contribution in [2.24, 2.45) is 11.8 Å². The van der Waals surface area contributed by atoms with Gasteiger partial charge in [-0.1, -0.05) is 66.2 Å². The predicted molar refractivity (Wildman–Crippen MR) is 144 cm³/mol. The molecule has 35 heavy (non-hydrogen) atoms. The highest BCUT2D eigenvalue weighted by molar-refractivity contribution is 6.28. The van der Waals surface area contributed by atoms with Crippen molar-refractivity contribution >= 4 is 9.76 Å². The first-order valence-electron chi connectivity index (χ1n) is 13.5. The van der Waals surface area contributed by atoms with Crippen LogP contribution >= 0.6 is 0 Å². The molecule has 6 nitrogen and oxygen atoms in total. The highest BCUT2D eigenvalue weighted by Crippen LogP contribution is 2.27. The summed E-state index contributed by atoms with van der Waals surface area (Å²) >= 11 is 0. The van der Waals surface area contributed by atoms with Crippen LogP contribution in [0.15, 0.2) is 30.5 Å². The molecule has 0 saturated carbocycles. The summed E-state index contributed by atoms with van der Waals surface area (Å²) in [6.45, 7) is 11.5. The fraction of sp³-hybridized carbons (Fsp3) is 0.679. The van der Waals surface area contributed by atoms with E-state index in [2.05, 4.69) is 42.9 Å². The fourth-order valence-corrected chi connectivity index (χ4v) is 4.51. The number of unbranched alkanes of at least 4 members (excludes halogenated alkanes) is 3. The fourth-order valence-electron chi connectivity index (χ4n) is 3.74. The average Bonchev–Trinajstić information content (AvgIpc) is 2.89. The van der Waals surface area contributed by atoms with E-state index in [-0.39, 0.29) is 0 Å². The Bertz CT molecular complexity index is 791. The number of pyridine rings is 1. The number of rotatable bonds is 20. The molecule has 0 amide bonds. The first-order valence-corrected chi connectivity index (χ1v) is 14.7. The Labute approximate surface area is 215 Å². The molecule has 7 heteroatoms. The molecule has 2 unspecified atom stereocenters. The van der Waals surface area contributed by atoms with Crippen LogP contribution in [0.3, 0.4) is 0 Å². The monoisotopic (exact) mass is 499 g/mol. The van der Waals surface area contributed by atoms with E-state index in [9.17, 15) is 0 Å². The molecule has 2 rings (SSSR count). The second-order valence-electron chi connectivity index (χ2n) is 9.36. The largest absolute Gasteiger partial charge is 0.539 e. The van der Waals surface area contributed by atoms with E-state index >= 15 is 0 Å². The maximum absolute atomic E-state index is 6.11. The van der Waals surface area contributed by atoms with Gasteiger partial charge in [0.1, 0.15) is 17.1 Å². The lowest BCUT2D eigenvalue weighted by Crippen LogP contribution is -2.09. The Hall–Kier alpha value is -1.99. The summed E-state index contributed by atoms with van der Waals surface area (Å²) in [6.07, 6.45) is 12.4. The van der Waals surface area contributed by atoms with Gasteiger partial charge in [0, 0.05) is 25.5 Å². The van der Waals surface area contributed by atoms with Gasteiger partial charge < -0.3 is 13.9 Å². The van der Waals surface area contributed by atoms with E-state index in [1.165, 1.54) is 38.5 Å². The summed E-state index contributed by atoms with van der Waals surface area (Å²) in [6, 6.07) is 8.67. The molecule has 0 aliphatic rings. The quantitative estimate of drug-likeness (QED) is 0.142. The van der Waals surface area contributed by atoms with Crippen LogP contribution in [0.1, 0.15) is 85.5 Å². The van der Waals surface area contributed by atoms with Crippen molar-refractivity contribution in [2.75, 3.05) is 19.8 Å². The Morgan fingerprint density at radius 1 is 0.829 bits per heavy atom. The van der Waals surface area contributed by atoms with E-state index in [1.54, 1.807) is 6.20 Å². The molecule has 2 radical (unpaired) electrons. The molecule has 0 saturated heterocycles. The average molecular weight is 500 g/mol. The van der Waals surface area contributed by atoms with Crippen molar-refractivity contribution in [1.82, 2.24) is 15.2 Å². The molecule has 194 valence electrons. The number of ether oxygens (including phenoxy) is 2. The molecule has 0 spiro atoms. The lowest BCUT2D eigenvalue weighted by Gasteiger charge is -2.19.